The molecule has 2 rings (SSSR count). The highest BCUT2D eigenvalue weighted by atomic mass is 19.4. The van der Waals surface area contributed by atoms with E-state index in [1.165, 1.54) is 0 Å². The summed E-state index contributed by atoms with van der Waals surface area (Å²) in [4.78, 5) is 22.9. The molecule has 1 saturated heterocycles. The van der Waals surface area contributed by atoms with E-state index >= 15 is 0 Å². The fourth-order valence-corrected chi connectivity index (χ4v) is 2.35. The standard InChI is InChI=1S/C11H12F3N3O3/c12-11(13,14)10(20)17-3-1-2-6(5-17)8-7(9(18)19)4-15-16-8/h4,6H,1-3,5H2,(H,15,16)(H,18,19). The molecule has 110 valence electrons. The number of hydrogen-bond acceptors (Lipinski definition) is 3. The second-order valence-corrected chi connectivity index (χ2v) is 4.59. The Morgan fingerprint density at radius 3 is 2.75 bits per heavy atom. The molecule has 6 nitrogen and oxygen atoms in total. The summed E-state index contributed by atoms with van der Waals surface area (Å²) in [5.41, 5.74) is 0.188. The summed E-state index contributed by atoms with van der Waals surface area (Å²) in [6.45, 7) is -0.147. The highest BCUT2D eigenvalue weighted by Crippen LogP contribution is 2.30. The largest absolute Gasteiger partial charge is 0.478 e. The predicted molar refractivity (Wildman–Crippen MR) is 60.2 cm³/mol. The number of aromatic nitrogens is 2. The van der Waals surface area contributed by atoms with Crippen molar-refractivity contribution in [2.45, 2.75) is 24.9 Å². The third kappa shape index (κ3) is 2.75. The number of carboxylic acid groups (broad SMARTS) is 1. The topological polar surface area (TPSA) is 86.3 Å². The molecule has 20 heavy (non-hydrogen) atoms. The van der Waals surface area contributed by atoms with Crippen molar-refractivity contribution in [3.8, 4) is 0 Å². The quantitative estimate of drug-likeness (QED) is 0.861. The van der Waals surface area contributed by atoms with Crippen molar-refractivity contribution >= 4 is 11.9 Å². The molecule has 1 aromatic rings. The number of nitrogens with one attached hydrogen (secondary N) is 1. The van der Waals surface area contributed by atoms with E-state index in [1.54, 1.807) is 0 Å². The highest BCUT2D eigenvalue weighted by molar-refractivity contribution is 5.88. The molecule has 0 saturated carbocycles. The number of aromatic carboxylic acids is 1. The maximum Gasteiger partial charge on any atom is 0.471 e. The SMILES string of the molecule is O=C(O)c1cn[nH]c1C1CCCN(C(=O)C(F)(F)F)C1. The van der Waals surface area contributed by atoms with Crippen LogP contribution in [-0.4, -0.2) is 51.3 Å². The first-order valence-corrected chi connectivity index (χ1v) is 5.93. The van der Waals surface area contributed by atoms with Crippen molar-refractivity contribution in [1.29, 1.82) is 0 Å². The van der Waals surface area contributed by atoms with Crippen molar-refractivity contribution in [3.63, 3.8) is 0 Å². The lowest BCUT2D eigenvalue weighted by atomic mass is 9.92. The number of carbonyl (C=O) groups is 2. The first-order chi connectivity index (χ1) is 9.30. The number of hydrogen-bond donors (Lipinski definition) is 2. The Labute approximate surface area is 111 Å². The summed E-state index contributed by atoms with van der Waals surface area (Å²) >= 11 is 0. The Morgan fingerprint density at radius 1 is 1.45 bits per heavy atom. The van der Waals surface area contributed by atoms with E-state index in [-0.39, 0.29) is 24.3 Å². The van der Waals surface area contributed by atoms with Gasteiger partial charge in [-0.15, -0.1) is 0 Å². The number of piperidine rings is 1. The van der Waals surface area contributed by atoms with E-state index in [4.69, 9.17) is 5.11 Å². The molecule has 9 heteroatoms. The maximum absolute atomic E-state index is 12.4. The molecule has 0 spiro atoms. The van der Waals surface area contributed by atoms with Gasteiger partial charge < -0.3 is 10.0 Å². The molecule has 2 heterocycles. The number of rotatable bonds is 2. The van der Waals surface area contributed by atoms with Gasteiger partial charge in [-0.1, -0.05) is 0 Å². The lowest BCUT2D eigenvalue weighted by Gasteiger charge is -2.32. The van der Waals surface area contributed by atoms with Gasteiger partial charge in [0.1, 0.15) is 5.56 Å². The van der Waals surface area contributed by atoms with E-state index in [2.05, 4.69) is 10.2 Å². The van der Waals surface area contributed by atoms with Crippen molar-refractivity contribution in [2.75, 3.05) is 13.1 Å². The van der Waals surface area contributed by atoms with Crippen LogP contribution in [0.15, 0.2) is 6.20 Å². The van der Waals surface area contributed by atoms with E-state index in [0.29, 0.717) is 17.7 Å². The normalized spacial score (nSPS) is 19.9. The Hall–Kier alpha value is -2.06. The van der Waals surface area contributed by atoms with E-state index in [1.807, 2.05) is 0 Å². The Balaban J connectivity index is 2.17. The van der Waals surface area contributed by atoms with Crippen LogP contribution in [0, 0.1) is 0 Å². The third-order valence-corrected chi connectivity index (χ3v) is 3.26. The fraction of sp³-hybridized carbons (Fsp3) is 0.545. The van der Waals surface area contributed by atoms with Gasteiger partial charge in [0.25, 0.3) is 0 Å². The van der Waals surface area contributed by atoms with E-state index in [0.717, 1.165) is 6.20 Å². The number of carboxylic acids is 1. The molecule has 0 aromatic carbocycles. The fourth-order valence-electron chi connectivity index (χ4n) is 2.35. The lowest BCUT2D eigenvalue weighted by Crippen LogP contribution is -2.46. The van der Waals surface area contributed by atoms with Crippen LogP contribution in [0.25, 0.3) is 0 Å². The summed E-state index contributed by atoms with van der Waals surface area (Å²) in [5.74, 6) is -3.57. The number of nitrogens with zero attached hydrogens (tertiary/aromatic N) is 2. The summed E-state index contributed by atoms with van der Waals surface area (Å²) in [7, 11) is 0. The number of H-pyrrole nitrogens is 1. The number of halogens is 3. The minimum Gasteiger partial charge on any atom is -0.478 e. The summed E-state index contributed by atoms with van der Waals surface area (Å²) in [6.07, 6.45) is -2.91. The summed E-state index contributed by atoms with van der Waals surface area (Å²) < 4.78 is 37.2. The molecule has 1 fully saturated rings. The lowest BCUT2D eigenvalue weighted by molar-refractivity contribution is -0.186. The first-order valence-electron chi connectivity index (χ1n) is 5.93. The molecule has 0 radical (unpaired) electrons. The first kappa shape index (κ1) is 14.4. The molecule has 1 unspecified atom stereocenters. The van der Waals surface area contributed by atoms with Gasteiger partial charge >= 0.3 is 18.1 Å². The van der Waals surface area contributed by atoms with Crippen molar-refractivity contribution in [2.24, 2.45) is 0 Å². The van der Waals surface area contributed by atoms with Crippen LogP contribution in [0.5, 0.6) is 0 Å². The van der Waals surface area contributed by atoms with Crippen LogP contribution < -0.4 is 0 Å². The Kier molecular flexibility index (Phi) is 3.69. The third-order valence-electron chi connectivity index (χ3n) is 3.26. The van der Waals surface area contributed by atoms with Gasteiger partial charge in [0.05, 0.1) is 11.9 Å². The molecular weight excluding hydrogens is 279 g/mol. The van der Waals surface area contributed by atoms with Crippen LogP contribution in [0.4, 0.5) is 13.2 Å². The van der Waals surface area contributed by atoms with Crippen molar-refractivity contribution < 1.29 is 27.9 Å². The van der Waals surface area contributed by atoms with Gasteiger partial charge in [-0.2, -0.15) is 18.3 Å². The van der Waals surface area contributed by atoms with Crippen LogP contribution in [0.1, 0.15) is 34.8 Å². The zero-order chi connectivity index (χ0) is 14.9. The predicted octanol–water partition coefficient (Wildman–Crippen LogP) is 1.38. The molecule has 2 N–H and O–H groups in total. The van der Waals surface area contributed by atoms with Gasteiger partial charge in [0.2, 0.25) is 0 Å². The molecule has 1 aliphatic heterocycles. The van der Waals surface area contributed by atoms with Crippen LogP contribution in [-0.2, 0) is 4.79 Å². The summed E-state index contributed by atoms with van der Waals surface area (Å²) in [6, 6.07) is 0. The minimum atomic E-state index is -4.91. The van der Waals surface area contributed by atoms with Gasteiger partial charge in [-0.05, 0) is 12.8 Å². The molecular formula is C11H12F3N3O3. The highest BCUT2D eigenvalue weighted by Gasteiger charge is 2.44. The van der Waals surface area contributed by atoms with Gasteiger partial charge in [-0.25, -0.2) is 4.79 Å². The monoisotopic (exact) mass is 291 g/mol. The number of carbonyl (C=O) groups excluding carboxylic acids is 1. The average molecular weight is 291 g/mol. The Bertz CT molecular complexity index is 526. The minimum absolute atomic E-state index is 0.0192. The summed E-state index contributed by atoms with van der Waals surface area (Å²) in [5, 5.41) is 15.1. The number of alkyl halides is 3. The zero-order valence-corrected chi connectivity index (χ0v) is 10.3. The van der Waals surface area contributed by atoms with Gasteiger partial charge in [0.15, 0.2) is 0 Å². The molecule has 1 aliphatic rings. The number of aromatic amines is 1. The molecule has 0 aliphatic carbocycles. The molecule has 0 bridgehead atoms. The molecule has 1 amide bonds. The van der Waals surface area contributed by atoms with Gasteiger partial charge in [-0.3, -0.25) is 9.89 Å². The smallest absolute Gasteiger partial charge is 0.471 e. The number of amides is 1. The van der Waals surface area contributed by atoms with E-state index < -0.39 is 24.0 Å². The average Bonchev–Trinajstić information content (AvgIpc) is 2.86. The second kappa shape index (κ2) is 5.14. The maximum atomic E-state index is 12.4. The van der Waals surface area contributed by atoms with Crippen molar-refractivity contribution in [3.05, 3.63) is 17.5 Å². The van der Waals surface area contributed by atoms with E-state index in [9.17, 15) is 22.8 Å². The zero-order valence-electron chi connectivity index (χ0n) is 10.3. The molecule has 1 aromatic heterocycles. The van der Waals surface area contributed by atoms with Crippen LogP contribution >= 0.6 is 0 Å². The molecule has 1 atom stereocenters. The Morgan fingerprint density at radius 2 is 2.15 bits per heavy atom. The second-order valence-electron chi connectivity index (χ2n) is 4.59. The number of likely N-dealkylation sites (tertiary alicyclic amines) is 1. The van der Waals surface area contributed by atoms with Crippen LogP contribution in [0.2, 0.25) is 0 Å². The van der Waals surface area contributed by atoms with Crippen molar-refractivity contribution in [1.82, 2.24) is 15.1 Å². The van der Waals surface area contributed by atoms with Crippen LogP contribution in [0.3, 0.4) is 0 Å². The van der Waals surface area contributed by atoms with Gasteiger partial charge in [0, 0.05) is 19.0 Å².